The maximum absolute atomic E-state index is 13.2. The molecule has 1 saturated heterocycles. The average Bonchev–Trinajstić information content (AvgIpc) is 3.12. The molecule has 4 amide bonds. The third-order valence-corrected chi connectivity index (χ3v) is 4.41. The van der Waals surface area contributed by atoms with E-state index in [4.69, 9.17) is 4.52 Å². The summed E-state index contributed by atoms with van der Waals surface area (Å²) in [5, 5.41) is 3.75. The predicted octanol–water partition coefficient (Wildman–Crippen LogP) is 1.94. The molecule has 0 N–H and O–H groups in total. The number of amides is 4. The van der Waals surface area contributed by atoms with Crippen LogP contribution in [-0.4, -0.2) is 39.8 Å². The van der Waals surface area contributed by atoms with Gasteiger partial charge in [-0.3, -0.25) is 19.4 Å². The molecular weight excluding hydrogens is 310 g/mol. The summed E-state index contributed by atoms with van der Waals surface area (Å²) in [6.07, 6.45) is 1.62. The van der Waals surface area contributed by atoms with Crippen molar-refractivity contribution in [3.63, 3.8) is 0 Å². The predicted molar refractivity (Wildman–Crippen MR) is 83.6 cm³/mol. The first-order chi connectivity index (χ1) is 11.5. The Morgan fingerprint density at radius 2 is 1.79 bits per heavy atom. The van der Waals surface area contributed by atoms with E-state index in [-0.39, 0.29) is 13.0 Å². The van der Waals surface area contributed by atoms with Crippen LogP contribution in [0.3, 0.4) is 0 Å². The number of likely N-dealkylation sites (N-methyl/N-ethyl adjacent to an activating group) is 1. The summed E-state index contributed by atoms with van der Waals surface area (Å²) in [6, 6.07) is 9.74. The van der Waals surface area contributed by atoms with E-state index in [1.807, 2.05) is 6.07 Å². The van der Waals surface area contributed by atoms with Crippen molar-refractivity contribution in [2.45, 2.75) is 25.3 Å². The third kappa shape index (κ3) is 2.20. The van der Waals surface area contributed by atoms with E-state index in [1.165, 1.54) is 13.3 Å². The molecule has 2 aromatic rings. The summed E-state index contributed by atoms with van der Waals surface area (Å²) in [4.78, 5) is 40.6. The first kappa shape index (κ1) is 15.9. The van der Waals surface area contributed by atoms with Crippen LogP contribution in [0.5, 0.6) is 0 Å². The van der Waals surface area contributed by atoms with Gasteiger partial charge in [0.2, 0.25) is 0 Å². The standard InChI is InChI=1S/C17H17N3O4/c1-3-17(12-7-5-4-6-8-12)14(21)19(2)16(23)20(15(17)22)11-13-9-10-24-18-13/h4-10H,3,11H2,1-2H3/t17-/m1/s1. The Morgan fingerprint density at radius 3 is 2.38 bits per heavy atom. The molecule has 0 aliphatic carbocycles. The Bertz CT molecular complexity index is 772. The van der Waals surface area contributed by atoms with Gasteiger partial charge in [0.05, 0.1) is 6.54 Å². The second-order valence-corrected chi connectivity index (χ2v) is 5.65. The first-order valence-corrected chi connectivity index (χ1v) is 7.61. The maximum Gasteiger partial charge on any atom is 0.333 e. The van der Waals surface area contributed by atoms with Crippen LogP contribution < -0.4 is 0 Å². The SMILES string of the molecule is CC[C@@]1(c2ccccc2)C(=O)N(C)C(=O)N(Cc2ccon2)C1=O. The van der Waals surface area contributed by atoms with Gasteiger partial charge in [0.15, 0.2) is 5.41 Å². The number of imide groups is 2. The number of urea groups is 1. The largest absolute Gasteiger partial charge is 0.364 e. The van der Waals surface area contributed by atoms with Crippen molar-refractivity contribution < 1.29 is 18.9 Å². The van der Waals surface area contributed by atoms with Gasteiger partial charge in [-0.1, -0.05) is 42.4 Å². The highest BCUT2D eigenvalue weighted by atomic mass is 16.5. The van der Waals surface area contributed by atoms with Crippen LogP contribution in [0, 0.1) is 0 Å². The number of benzene rings is 1. The van der Waals surface area contributed by atoms with Gasteiger partial charge >= 0.3 is 6.03 Å². The van der Waals surface area contributed by atoms with Crippen molar-refractivity contribution in [2.24, 2.45) is 0 Å². The Labute approximate surface area is 138 Å². The van der Waals surface area contributed by atoms with E-state index in [2.05, 4.69) is 5.16 Å². The minimum Gasteiger partial charge on any atom is -0.364 e. The summed E-state index contributed by atoms with van der Waals surface area (Å²) in [5.74, 6) is -1.05. The monoisotopic (exact) mass is 327 g/mol. The summed E-state index contributed by atoms with van der Waals surface area (Å²) in [5.41, 5.74) is -0.391. The highest BCUT2D eigenvalue weighted by Gasteiger charge is 2.56. The van der Waals surface area contributed by atoms with Crippen molar-refractivity contribution in [3.05, 3.63) is 53.9 Å². The van der Waals surface area contributed by atoms with Gasteiger partial charge in [-0.05, 0) is 12.0 Å². The van der Waals surface area contributed by atoms with Crippen molar-refractivity contribution >= 4 is 17.8 Å². The lowest BCUT2D eigenvalue weighted by Crippen LogP contribution is -2.65. The zero-order valence-electron chi connectivity index (χ0n) is 13.4. The average molecular weight is 327 g/mol. The lowest BCUT2D eigenvalue weighted by molar-refractivity contribution is -0.152. The summed E-state index contributed by atoms with van der Waals surface area (Å²) >= 11 is 0. The number of hydrogen-bond acceptors (Lipinski definition) is 5. The van der Waals surface area contributed by atoms with E-state index >= 15 is 0 Å². The van der Waals surface area contributed by atoms with E-state index in [0.29, 0.717) is 11.3 Å². The highest BCUT2D eigenvalue weighted by molar-refractivity contribution is 6.22. The van der Waals surface area contributed by atoms with E-state index < -0.39 is 23.3 Å². The number of carbonyl (C=O) groups excluding carboxylic acids is 3. The van der Waals surface area contributed by atoms with Crippen molar-refractivity contribution in [1.82, 2.24) is 15.0 Å². The zero-order chi connectivity index (χ0) is 17.3. The molecule has 1 fully saturated rings. The fourth-order valence-corrected chi connectivity index (χ4v) is 3.06. The summed E-state index contributed by atoms with van der Waals surface area (Å²) < 4.78 is 4.76. The molecule has 1 aliphatic heterocycles. The minimum atomic E-state index is -1.41. The Kier molecular flexibility index (Phi) is 3.92. The van der Waals surface area contributed by atoms with Crippen LogP contribution in [0.15, 0.2) is 47.2 Å². The molecule has 24 heavy (non-hydrogen) atoms. The Morgan fingerprint density at radius 1 is 1.08 bits per heavy atom. The molecule has 0 unspecified atom stereocenters. The highest BCUT2D eigenvalue weighted by Crippen LogP contribution is 2.36. The fourth-order valence-electron chi connectivity index (χ4n) is 3.06. The molecule has 1 aromatic carbocycles. The van der Waals surface area contributed by atoms with Crippen LogP contribution in [0.1, 0.15) is 24.6 Å². The van der Waals surface area contributed by atoms with Crippen LogP contribution in [0.4, 0.5) is 4.79 Å². The van der Waals surface area contributed by atoms with Gasteiger partial charge < -0.3 is 4.52 Å². The molecule has 3 rings (SSSR count). The van der Waals surface area contributed by atoms with Gasteiger partial charge in [-0.25, -0.2) is 4.79 Å². The van der Waals surface area contributed by atoms with Gasteiger partial charge in [0.1, 0.15) is 12.0 Å². The van der Waals surface area contributed by atoms with E-state index in [1.54, 1.807) is 37.3 Å². The van der Waals surface area contributed by atoms with Crippen molar-refractivity contribution in [2.75, 3.05) is 7.05 Å². The molecule has 0 saturated carbocycles. The number of barbiturate groups is 1. The summed E-state index contributed by atoms with van der Waals surface area (Å²) in [6.45, 7) is 1.72. The minimum absolute atomic E-state index is 0.0413. The normalized spacial score (nSPS) is 21.5. The quantitative estimate of drug-likeness (QED) is 0.801. The summed E-state index contributed by atoms with van der Waals surface area (Å²) in [7, 11) is 1.39. The molecule has 0 radical (unpaired) electrons. The second-order valence-electron chi connectivity index (χ2n) is 5.65. The molecule has 2 heterocycles. The lowest BCUT2D eigenvalue weighted by atomic mass is 9.74. The topological polar surface area (TPSA) is 83.7 Å². The van der Waals surface area contributed by atoms with Crippen molar-refractivity contribution in [1.29, 1.82) is 0 Å². The second kappa shape index (κ2) is 5.92. The third-order valence-electron chi connectivity index (χ3n) is 4.41. The molecule has 0 bridgehead atoms. The Hall–Kier alpha value is -2.96. The molecule has 1 aromatic heterocycles. The van der Waals surface area contributed by atoms with Gasteiger partial charge in [0.25, 0.3) is 11.8 Å². The fraction of sp³-hybridized carbons (Fsp3) is 0.294. The number of aromatic nitrogens is 1. The van der Waals surface area contributed by atoms with E-state index in [9.17, 15) is 14.4 Å². The first-order valence-electron chi connectivity index (χ1n) is 7.61. The maximum atomic E-state index is 13.2. The number of rotatable bonds is 4. The molecular formula is C17H17N3O4. The van der Waals surface area contributed by atoms with Gasteiger partial charge in [-0.2, -0.15) is 0 Å². The zero-order valence-corrected chi connectivity index (χ0v) is 13.4. The van der Waals surface area contributed by atoms with Crippen LogP contribution >= 0.6 is 0 Å². The molecule has 1 aliphatic rings. The lowest BCUT2D eigenvalue weighted by Gasteiger charge is -2.42. The molecule has 0 spiro atoms. The van der Waals surface area contributed by atoms with Crippen LogP contribution in [0.2, 0.25) is 0 Å². The van der Waals surface area contributed by atoms with Crippen molar-refractivity contribution in [3.8, 4) is 0 Å². The van der Waals surface area contributed by atoms with Gasteiger partial charge in [0, 0.05) is 13.1 Å². The van der Waals surface area contributed by atoms with Gasteiger partial charge in [-0.15, -0.1) is 0 Å². The number of carbonyl (C=O) groups is 3. The molecule has 7 heteroatoms. The molecule has 7 nitrogen and oxygen atoms in total. The Balaban J connectivity index is 2.09. The number of hydrogen-bond donors (Lipinski definition) is 0. The number of nitrogens with zero attached hydrogens (tertiary/aromatic N) is 3. The molecule has 1 atom stereocenters. The van der Waals surface area contributed by atoms with E-state index in [0.717, 1.165) is 9.80 Å². The van der Waals surface area contributed by atoms with Crippen LogP contribution in [0.25, 0.3) is 0 Å². The molecule has 124 valence electrons. The smallest absolute Gasteiger partial charge is 0.333 e. The van der Waals surface area contributed by atoms with Crippen LogP contribution in [-0.2, 0) is 21.5 Å².